The maximum atomic E-state index is 11.0. The van der Waals surface area contributed by atoms with Crippen molar-refractivity contribution in [2.45, 2.75) is 20.3 Å². The van der Waals surface area contributed by atoms with E-state index < -0.39 is 0 Å². The van der Waals surface area contributed by atoms with Crippen molar-refractivity contribution in [3.63, 3.8) is 0 Å². The van der Waals surface area contributed by atoms with Crippen LogP contribution in [-0.2, 0) is 9.53 Å². The summed E-state index contributed by atoms with van der Waals surface area (Å²) in [5, 5.41) is 3.18. The Morgan fingerprint density at radius 1 is 1.26 bits per heavy atom. The van der Waals surface area contributed by atoms with E-state index in [1.54, 1.807) is 13.0 Å². The molecule has 0 saturated carbocycles. The van der Waals surface area contributed by atoms with Crippen molar-refractivity contribution in [1.29, 1.82) is 0 Å². The lowest BCUT2D eigenvalue weighted by molar-refractivity contribution is -0.137. The molecule has 1 rings (SSSR count). The monoisotopic (exact) mass is 263 g/mol. The summed E-state index contributed by atoms with van der Waals surface area (Å²) < 4.78 is 10.3. The van der Waals surface area contributed by atoms with Crippen molar-refractivity contribution in [3.8, 4) is 5.75 Å². The zero-order valence-electron chi connectivity index (χ0n) is 11.5. The van der Waals surface area contributed by atoms with Crippen LogP contribution in [0.4, 0.5) is 5.69 Å². The van der Waals surface area contributed by atoms with Crippen LogP contribution in [0.2, 0.25) is 0 Å². The first-order chi connectivity index (χ1) is 9.26. The molecule has 0 heterocycles. The zero-order valence-corrected chi connectivity index (χ0v) is 11.5. The highest BCUT2D eigenvalue weighted by Gasteiger charge is 1.95. The Morgan fingerprint density at radius 2 is 2.00 bits per heavy atom. The van der Waals surface area contributed by atoms with Crippen LogP contribution in [0.25, 0.3) is 0 Å². The molecule has 0 radical (unpaired) electrons. The number of carbonyl (C=O) groups is 1. The van der Waals surface area contributed by atoms with Gasteiger partial charge in [0.2, 0.25) is 0 Å². The summed E-state index contributed by atoms with van der Waals surface area (Å²) >= 11 is 0. The van der Waals surface area contributed by atoms with Gasteiger partial charge in [0.1, 0.15) is 5.75 Å². The fourth-order valence-corrected chi connectivity index (χ4v) is 1.41. The number of hydrogen-bond acceptors (Lipinski definition) is 4. The molecule has 0 bridgehead atoms. The van der Waals surface area contributed by atoms with E-state index in [4.69, 9.17) is 9.47 Å². The van der Waals surface area contributed by atoms with Gasteiger partial charge in [-0.2, -0.15) is 0 Å². The minimum absolute atomic E-state index is 0.312. The Morgan fingerprint density at radius 3 is 2.63 bits per heavy atom. The summed E-state index contributed by atoms with van der Waals surface area (Å²) in [4.78, 5) is 11.0. The second-order valence-corrected chi connectivity index (χ2v) is 3.91. The lowest BCUT2D eigenvalue weighted by Gasteiger charge is -2.06. The minimum atomic E-state index is -0.312. The number of nitrogens with one attached hydrogen (secondary N) is 1. The molecular formula is C15H21NO3. The fraction of sp³-hybridized carbons (Fsp3) is 0.400. The van der Waals surface area contributed by atoms with Gasteiger partial charge < -0.3 is 14.8 Å². The fourth-order valence-electron chi connectivity index (χ4n) is 1.41. The number of hydrogen-bond donors (Lipinski definition) is 1. The number of benzene rings is 1. The molecular weight excluding hydrogens is 242 g/mol. The van der Waals surface area contributed by atoms with Gasteiger partial charge in [-0.1, -0.05) is 13.0 Å². The van der Waals surface area contributed by atoms with Crippen molar-refractivity contribution in [2.24, 2.45) is 0 Å². The average Bonchev–Trinajstić information content (AvgIpc) is 2.43. The summed E-state index contributed by atoms with van der Waals surface area (Å²) in [5.74, 6) is 0.557. The van der Waals surface area contributed by atoms with E-state index >= 15 is 0 Å². The highest BCUT2D eigenvalue weighted by atomic mass is 16.5. The van der Waals surface area contributed by atoms with E-state index in [-0.39, 0.29) is 5.97 Å². The number of anilines is 1. The molecule has 0 fully saturated rings. The molecule has 0 aromatic heterocycles. The Labute approximate surface area is 114 Å². The second kappa shape index (κ2) is 9.03. The van der Waals surface area contributed by atoms with Gasteiger partial charge in [0, 0.05) is 18.3 Å². The van der Waals surface area contributed by atoms with Gasteiger partial charge in [0.05, 0.1) is 13.2 Å². The van der Waals surface area contributed by atoms with Gasteiger partial charge in [-0.25, -0.2) is 4.79 Å². The Hall–Kier alpha value is -1.97. The van der Waals surface area contributed by atoms with Crippen LogP contribution in [0.5, 0.6) is 5.75 Å². The first kappa shape index (κ1) is 15.1. The molecule has 19 heavy (non-hydrogen) atoms. The highest BCUT2D eigenvalue weighted by molar-refractivity contribution is 5.81. The van der Waals surface area contributed by atoms with E-state index in [2.05, 4.69) is 12.2 Å². The average molecular weight is 263 g/mol. The van der Waals surface area contributed by atoms with Crippen LogP contribution in [-0.4, -0.2) is 25.7 Å². The lowest BCUT2D eigenvalue weighted by Crippen LogP contribution is -2.02. The van der Waals surface area contributed by atoms with Crippen molar-refractivity contribution in [1.82, 2.24) is 0 Å². The summed E-state index contributed by atoms with van der Waals surface area (Å²) in [6, 6.07) is 7.74. The predicted octanol–water partition coefficient (Wildman–Crippen LogP) is 3.01. The van der Waals surface area contributed by atoms with Crippen molar-refractivity contribution in [2.75, 3.05) is 25.1 Å². The second-order valence-electron chi connectivity index (χ2n) is 3.91. The smallest absolute Gasteiger partial charge is 0.330 e. The highest BCUT2D eigenvalue weighted by Crippen LogP contribution is 2.15. The predicted molar refractivity (Wildman–Crippen MR) is 76.5 cm³/mol. The molecule has 1 aromatic carbocycles. The molecule has 0 atom stereocenters. The third-order valence-corrected chi connectivity index (χ3v) is 2.29. The standard InChI is InChI=1S/C15H21NO3/c1-3-12-19-14-9-7-13(8-10-14)16-11-5-6-15(17)18-4-2/h5-10,16H,3-4,11-12H2,1-2H3/b6-5+. The van der Waals surface area contributed by atoms with Crippen LogP contribution in [0.15, 0.2) is 36.4 Å². The van der Waals surface area contributed by atoms with Crippen molar-refractivity contribution in [3.05, 3.63) is 36.4 Å². The van der Waals surface area contributed by atoms with E-state index in [1.807, 2.05) is 24.3 Å². The van der Waals surface area contributed by atoms with Gasteiger partial charge in [0.25, 0.3) is 0 Å². The summed E-state index contributed by atoms with van der Waals surface area (Å²) in [5.41, 5.74) is 0.984. The Kier molecular flexibility index (Phi) is 7.17. The van der Waals surface area contributed by atoms with Crippen LogP contribution in [0.1, 0.15) is 20.3 Å². The molecule has 0 saturated heterocycles. The molecule has 4 heteroatoms. The third kappa shape index (κ3) is 6.50. The SMILES string of the molecule is CCCOc1ccc(NC/C=C/C(=O)OCC)cc1. The number of carbonyl (C=O) groups excluding carboxylic acids is 1. The van der Waals surface area contributed by atoms with Crippen molar-refractivity contribution >= 4 is 11.7 Å². The van der Waals surface area contributed by atoms with E-state index in [1.165, 1.54) is 6.08 Å². The first-order valence-corrected chi connectivity index (χ1v) is 6.56. The summed E-state index contributed by atoms with van der Waals surface area (Å²) in [7, 11) is 0. The van der Waals surface area contributed by atoms with Crippen LogP contribution < -0.4 is 10.1 Å². The Balaban J connectivity index is 2.31. The zero-order chi connectivity index (χ0) is 13.9. The maximum absolute atomic E-state index is 11.0. The maximum Gasteiger partial charge on any atom is 0.330 e. The molecule has 0 unspecified atom stereocenters. The van der Waals surface area contributed by atoms with Crippen molar-refractivity contribution < 1.29 is 14.3 Å². The molecule has 1 aromatic rings. The molecule has 4 nitrogen and oxygen atoms in total. The summed E-state index contributed by atoms with van der Waals surface area (Å²) in [6.07, 6.45) is 4.16. The molecule has 104 valence electrons. The lowest BCUT2D eigenvalue weighted by atomic mass is 10.3. The summed E-state index contributed by atoms with van der Waals surface area (Å²) in [6.45, 7) is 5.57. The number of ether oxygens (including phenoxy) is 2. The molecule has 0 spiro atoms. The van der Waals surface area contributed by atoms with Crippen LogP contribution >= 0.6 is 0 Å². The number of esters is 1. The van der Waals surface area contributed by atoms with Gasteiger partial charge in [-0.3, -0.25) is 0 Å². The quantitative estimate of drug-likeness (QED) is 0.578. The van der Waals surface area contributed by atoms with Gasteiger partial charge in [0.15, 0.2) is 0 Å². The van der Waals surface area contributed by atoms with E-state index in [9.17, 15) is 4.79 Å². The van der Waals surface area contributed by atoms with E-state index in [0.717, 1.165) is 24.5 Å². The molecule has 0 aliphatic rings. The van der Waals surface area contributed by atoms with Gasteiger partial charge in [-0.05, 0) is 37.6 Å². The van der Waals surface area contributed by atoms with Crippen LogP contribution in [0, 0.1) is 0 Å². The molecule has 0 aliphatic heterocycles. The van der Waals surface area contributed by atoms with Gasteiger partial charge in [-0.15, -0.1) is 0 Å². The molecule has 0 aliphatic carbocycles. The normalized spacial score (nSPS) is 10.4. The third-order valence-electron chi connectivity index (χ3n) is 2.29. The minimum Gasteiger partial charge on any atom is -0.494 e. The first-order valence-electron chi connectivity index (χ1n) is 6.56. The topological polar surface area (TPSA) is 47.6 Å². The number of rotatable bonds is 8. The Bertz CT molecular complexity index is 398. The molecule has 0 amide bonds. The van der Waals surface area contributed by atoms with Crippen LogP contribution in [0.3, 0.4) is 0 Å². The molecule has 1 N–H and O–H groups in total. The van der Waals surface area contributed by atoms with Gasteiger partial charge >= 0.3 is 5.97 Å². The largest absolute Gasteiger partial charge is 0.494 e. The van der Waals surface area contributed by atoms with E-state index in [0.29, 0.717) is 13.2 Å².